The molecular formula is C25H22FNO5. The molecular weight excluding hydrogens is 413 g/mol. The summed E-state index contributed by atoms with van der Waals surface area (Å²) in [5.74, 6) is 1.19. The number of ether oxygens (including phenoxy) is 3. The predicted octanol–water partition coefficient (Wildman–Crippen LogP) is 3.64. The topological polar surface area (TPSA) is 68.2 Å². The fourth-order valence-corrected chi connectivity index (χ4v) is 4.82. The van der Waals surface area contributed by atoms with E-state index in [1.54, 1.807) is 43.4 Å². The van der Waals surface area contributed by atoms with Gasteiger partial charge in [0.2, 0.25) is 6.10 Å². The second-order valence-electron chi connectivity index (χ2n) is 7.87. The molecule has 1 N–H and O–H groups in total. The first kappa shape index (κ1) is 20.2. The van der Waals surface area contributed by atoms with E-state index in [4.69, 9.17) is 14.2 Å². The van der Waals surface area contributed by atoms with Crippen LogP contribution >= 0.6 is 0 Å². The Morgan fingerprint density at radius 2 is 1.66 bits per heavy atom. The van der Waals surface area contributed by atoms with Crippen molar-refractivity contribution >= 4 is 5.91 Å². The van der Waals surface area contributed by atoms with Gasteiger partial charge in [0.1, 0.15) is 22.9 Å². The Hall–Kier alpha value is -3.74. The standard InChI is InChI=1S/C25H22FNO5/c1-30-21-13-15-11-12-27-24(29)23(32-19-9-7-18(28)8-10-19)25(27,20(15)14-22(21)31-2)16-3-5-17(26)6-4-16/h3-10,13-14,23,28H,11-12H2,1-2H3/t23-,25+/m1/s1. The fourth-order valence-electron chi connectivity index (χ4n) is 4.82. The number of carbonyl (C=O) groups excluding carboxylic acids is 1. The number of phenols is 1. The minimum Gasteiger partial charge on any atom is -0.508 e. The number of nitrogens with zero attached hydrogens (tertiary/aromatic N) is 1. The third-order valence-electron chi connectivity index (χ3n) is 6.30. The van der Waals surface area contributed by atoms with Crippen molar-refractivity contribution in [2.45, 2.75) is 18.1 Å². The average Bonchev–Trinajstić information content (AvgIpc) is 2.82. The van der Waals surface area contributed by atoms with Crippen LogP contribution in [0.1, 0.15) is 16.7 Å². The van der Waals surface area contributed by atoms with Gasteiger partial charge in [-0.3, -0.25) is 4.79 Å². The second kappa shape index (κ2) is 7.44. The number of carbonyl (C=O) groups is 1. The quantitative estimate of drug-likeness (QED) is 0.620. The zero-order chi connectivity index (χ0) is 22.5. The van der Waals surface area contributed by atoms with E-state index in [0.717, 1.165) is 16.7 Å². The molecule has 3 aromatic rings. The molecule has 1 saturated heterocycles. The van der Waals surface area contributed by atoms with Crippen molar-refractivity contribution in [1.82, 2.24) is 4.90 Å². The van der Waals surface area contributed by atoms with E-state index >= 15 is 0 Å². The zero-order valence-corrected chi connectivity index (χ0v) is 17.7. The highest BCUT2D eigenvalue weighted by Crippen LogP contribution is 2.54. The lowest BCUT2D eigenvalue weighted by atomic mass is 9.66. The predicted molar refractivity (Wildman–Crippen MR) is 115 cm³/mol. The summed E-state index contributed by atoms with van der Waals surface area (Å²) < 4.78 is 31.0. The first-order chi connectivity index (χ1) is 15.5. The number of halogens is 1. The maximum atomic E-state index is 13.8. The highest BCUT2D eigenvalue weighted by molar-refractivity contribution is 5.94. The summed E-state index contributed by atoms with van der Waals surface area (Å²) in [4.78, 5) is 15.0. The van der Waals surface area contributed by atoms with Gasteiger partial charge < -0.3 is 24.2 Å². The molecule has 164 valence electrons. The van der Waals surface area contributed by atoms with Crippen molar-refractivity contribution < 1.29 is 28.5 Å². The highest BCUT2D eigenvalue weighted by atomic mass is 19.1. The van der Waals surface area contributed by atoms with Gasteiger partial charge in [0, 0.05) is 6.54 Å². The van der Waals surface area contributed by atoms with Crippen LogP contribution in [0.5, 0.6) is 23.0 Å². The van der Waals surface area contributed by atoms with Gasteiger partial charge in [-0.15, -0.1) is 0 Å². The van der Waals surface area contributed by atoms with Gasteiger partial charge in [-0.2, -0.15) is 0 Å². The van der Waals surface area contributed by atoms with E-state index in [0.29, 0.717) is 30.2 Å². The lowest BCUT2D eigenvalue weighted by Crippen LogP contribution is -2.76. The van der Waals surface area contributed by atoms with Crippen molar-refractivity contribution in [1.29, 1.82) is 0 Å². The molecule has 0 unspecified atom stereocenters. The van der Waals surface area contributed by atoms with Crippen LogP contribution in [0.15, 0.2) is 60.7 Å². The van der Waals surface area contributed by atoms with E-state index in [9.17, 15) is 14.3 Å². The first-order valence-electron chi connectivity index (χ1n) is 10.3. The van der Waals surface area contributed by atoms with Gasteiger partial charge in [0.05, 0.1) is 14.2 Å². The summed E-state index contributed by atoms with van der Waals surface area (Å²) in [5.41, 5.74) is 1.66. The van der Waals surface area contributed by atoms with Gasteiger partial charge in [-0.25, -0.2) is 4.39 Å². The second-order valence-corrected chi connectivity index (χ2v) is 7.87. The molecule has 2 atom stereocenters. The van der Waals surface area contributed by atoms with Gasteiger partial charge in [-0.05, 0) is 71.6 Å². The number of phenolic OH excluding ortho intramolecular Hbond substituents is 1. The monoisotopic (exact) mass is 435 g/mol. The summed E-state index contributed by atoms with van der Waals surface area (Å²) >= 11 is 0. The number of benzene rings is 3. The molecule has 0 spiro atoms. The summed E-state index contributed by atoms with van der Waals surface area (Å²) in [6, 6.07) is 16.2. The Morgan fingerprint density at radius 1 is 1.00 bits per heavy atom. The van der Waals surface area contributed by atoms with Crippen molar-refractivity contribution in [2.75, 3.05) is 20.8 Å². The first-order valence-corrected chi connectivity index (χ1v) is 10.3. The number of fused-ring (bicyclic) bond motifs is 3. The van der Waals surface area contributed by atoms with E-state index in [1.165, 1.54) is 24.3 Å². The zero-order valence-electron chi connectivity index (χ0n) is 17.7. The Bertz CT molecular complexity index is 1180. The van der Waals surface area contributed by atoms with E-state index in [1.807, 2.05) is 12.1 Å². The lowest BCUT2D eigenvalue weighted by molar-refractivity contribution is -0.178. The smallest absolute Gasteiger partial charge is 0.268 e. The molecule has 1 amide bonds. The number of methoxy groups -OCH3 is 2. The normalized spacial score (nSPS) is 21.3. The molecule has 2 heterocycles. The minimum absolute atomic E-state index is 0.104. The number of rotatable bonds is 5. The summed E-state index contributed by atoms with van der Waals surface area (Å²) in [6.07, 6.45) is -0.217. The Balaban J connectivity index is 1.71. The SMILES string of the molecule is COc1cc2c(cc1OC)[C@@]1(c3ccc(F)cc3)[C@H](Oc3ccc(O)cc3)C(=O)N1CC2. The van der Waals surface area contributed by atoms with Crippen molar-refractivity contribution in [3.63, 3.8) is 0 Å². The van der Waals surface area contributed by atoms with Crippen LogP contribution in [0, 0.1) is 5.82 Å². The molecule has 2 aliphatic heterocycles. The van der Waals surface area contributed by atoms with Gasteiger partial charge >= 0.3 is 0 Å². The molecule has 6 nitrogen and oxygen atoms in total. The molecule has 0 saturated carbocycles. The van der Waals surface area contributed by atoms with Gasteiger partial charge in [0.25, 0.3) is 5.91 Å². The molecule has 7 heteroatoms. The Morgan fingerprint density at radius 3 is 2.31 bits per heavy atom. The van der Waals surface area contributed by atoms with E-state index in [-0.39, 0.29) is 17.5 Å². The van der Waals surface area contributed by atoms with Crippen LogP contribution < -0.4 is 14.2 Å². The largest absolute Gasteiger partial charge is 0.508 e. The van der Waals surface area contributed by atoms with Crippen LogP contribution in [0.2, 0.25) is 0 Å². The molecule has 5 rings (SSSR count). The Labute approximate surface area is 184 Å². The molecule has 1 fully saturated rings. The number of aromatic hydroxyl groups is 1. The summed E-state index contributed by atoms with van der Waals surface area (Å²) in [5, 5.41) is 9.60. The third-order valence-corrected chi connectivity index (χ3v) is 6.30. The minimum atomic E-state index is -0.949. The van der Waals surface area contributed by atoms with E-state index < -0.39 is 11.6 Å². The van der Waals surface area contributed by atoms with E-state index in [2.05, 4.69) is 0 Å². The number of hydrogen-bond acceptors (Lipinski definition) is 5. The average molecular weight is 435 g/mol. The maximum Gasteiger partial charge on any atom is 0.268 e. The van der Waals surface area contributed by atoms with Gasteiger partial charge in [-0.1, -0.05) is 12.1 Å². The van der Waals surface area contributed by atoms with Gasteiger partial charge in [0.15, 0.2) is 11.5 Å². The lowest BCUT2D eigenvalue weighted by Gasteiger charge is -2.59. The molecule has 0 aromatic heterocycles. The Kier molecular flexibility index (Phi) is 4.69. The third kappa shape index (κ3) is 2.81. The van der Waals surface area contributed by atoms with Crippen LogP contribution in [0.25, 0.3) is 0 Å². The summed E-state index contributed by atoms with van der Waals surface area (Å²) in [6.45, 7) is 0.494. The number of β-lactam (4-membered cyclic amide) rings is 1. The fraction of sp³-hybridized carbons (Fsp3) is 0.240. The molecule has 2 aliphatic rings. The molecule has 0 radical (unpaired) electrons. The molecule has 0 aliphatic carbocycles. The van der Waals surface area contributed by atoms with Crippen LogP contribution in [-0.2, 0) is 16.8 Å². The van der Waals surface area contributed by atoms with Crippen LogP contribution in [0.4, 0.5) is 4.39 Å². The molecule has 0 bridgehead atoms. The van der Waals surface area contributed by atoms with Crippen molar-refractivity contribution in [3.8, 4) is 23.0 Å². The highest BCUT2D eigenvalue weighted by Gasteiger charge is 2.66. The van der Waals surface area contributed by atoms with Crippen LogP contribution in [0.3, 0.4) is 0 Å². The maximum absolute atomic E-state index is 13.8. The van der Waals surface area contributed by atoms with Crippen molar-refractivity contribution in [3.05, 3.63) is 83.2 Å². The number of amides is 1. The summed E-state index contributed by atoms with van der Waals surface area (Å²) in [7, 11) is 3.14. The molecule has 3 aromatic carbocycles. The number of hydrogen-bond donors (Lipinski definition) is 1. The molecule has 32 heavy (non-hydrogen) atoms. The van der Waals surface area contributed by atoms with Crippen LogP contribution in [-0.4, -0.2) is 42.8 Å². The van der Waals surface area contributed by atoms with Crippen molar-refractivity contribution in [2.24, 2.45) is 0 Å².